The molecule has 0 aliphatic carbocycles. The van der Waals surface area contributed by atoms with Gasteiger partial charge in [0.25, 0.3) is 0 Å². The topological polar surface area (TPSA) is 76.6 Å². The Morgan fingerprint density at radius 2 is 1.74 bits per heavy atom. The number of anilines is 2. The van der Waals surface area contributed by atoms with Crippen LogP contribution < -0.4 is 19.7 Å². The Balaban J connectivity index is 1.20. The molecule has 1 fully saturated rings. The molecular formula is C24H22N4O3. The summed E-state index contributed by atoms with van der Waals surface area (Å²) in [4.78, 5) is 14.5. The number of amides is 1. The second kappa shape index (κ2) is 8.47. The van der Waals surface area contributed by atoms with Crippen LogP contribution in [0.4, 0.5) is 11.5 Å². The van der Waals surface area contributed by atoms with Crippen LogP contribution in [0.15, 0.2) is 60.7 Å². The van der Waals surface area contributed by atoms with Crippen molar-refractivity contribution in [1.82, 2.24) is 10.2 Å². The summed E-state index contributed by atoms with van der Waals surface area (Å²) in [5, 5.41) is 11.6. The van der Waals surface area contributed by atoms with E-state index >= 15 is 0 Å². The first kappa shape index (κ1) is 19.1. The number of hydrogen-bond acceptors (Lipinski definition) is 6. The van der Waals surface area contributed by atoms with Crippen molar-refractivity contribution in [1.29, 1.82) is 0 Å². The van der Waals surface area contributed by atoms with E-state index in [9.17, 15) is 4.79 Å². The van der Waals surface area contributed by atoms with Gasteiger partial charge in [-0.2, -0.15) is 0 Å². The van der Waals surface area contributed by atoms with Crippen molar-refractivity contribution >= 4 is 23.5 Å². The molecule has 3 aromatic rings. The minimum atomic E-state index is -0.208. The van der Waals surface area contributed by atoms with E-state index in [1.54, 1.807) is 6.08 Å². The fourth-order valence-corrected chi connectivity index (χ4v) is 3.69. The van der Waals surface area contributed by atoms with Gasteiger partial charge in [-0.15, -0.1) is 10.2 Å². The number of nitrogens with zero attached hydrogens (tertiary/aromatic N) is 3. The number of ether oxygens (including phenoxy) is 2. The number of fused-ring (bicyclic) bond motifs is 1. The highest BCUT2D eigenvalue weighted by atomic mass is 16.7. The van der Waals surface area contributed by atoms with Crippen LogP contribution >= 0.6 is 0 Å². The lowest BCUT2D eigenvalue weighted by molar-refractivity contribution is -0.111. The zero-order valence-corrected chi connectivity index (χ0v) is 17.0. The molecule has 7 heteroatoms. The summed E-state index contributed by atoms with van der Waals surface area (Å²) in [6.07, 6.45) is 5.65. The molecule has 3 heterocycles. The minimum Gasteiger partial charge on any atom is -0.454 e. The molecule has 0 spiro atoms. The van der Waals surface area contributed by atoms with Gasteiger partial charge in [-0.3, -0.25) is 4.79 Å². The molecule has 0 atom stereocenters. The van der Waals surface area contributed by atoms with E-state index in [2.05, 4.69) is 20.4 Å². The lowest BCUT2D eigenvalue weighted by atomic mass is 10.1. The summed E-state index contributed by atoms with van der Waals surface area (Å²) in [5.41, 5.74) is 3.34. The molecule has 0 bridgehead atoms. The summed E-state index contributed by atoms with van der Waals surface area (Å²) in [6.45, 7) is 2.32. The number of rotatable bonds is 5. The molecule has 2 aliphatic rings. The lowest BCUT2D eigenvalue weighted by Crippen LogP contribution is -2.19. The zero-order valence-electron chi connectivity index (χ0n) is 17.0. The number of carbonyl (C=O) groups is 1. The maximum atomic E-state index is 12.3. The van der Waals surface area contributed by atoms with Gasteiger partial charge in [0.2, 0.25) is 12.7 Å². The highest BCUT2D eigenvalue weighted by Crippen LogP contribution is 2.32. The summed E-state index contributed by atoms with van der Waals surface area (Å²) in [6, 6.07) is 17.1. The Hall–Kier alpha value is -3.87. The first-order valence-electron chi connectivity index (χ1n) is 10.3. The number of hydrogen-bond donors (Lipinski definition) is 1. The second-order valence-corrected chi connectivity index (χ2v) is 7.48. The normalized spacial score (nSPS) is 14.9. The summed E-state index contributed by atoms with van der Waals surface area (Å²) < 4.78 is 10.6. The van der Waals surface area contributed by atoms with Crippen LogP contribution in [0, 0.1) is 0 Å². The van der Waals surface area contributed by atoms with Gasteiger partial charge < -0.3 is 19.7 Å². The second-order valence-electron chi connectivity index (χ2n) is 7.48. The fourth-order valence-electron chi connectivity index (χ4n) is 3.69. The summed E-state index contributed by atoms with van der Waals surface area (Å²) in [5.74, 6) is 2.13. The molecule has 156 valence electrons. The quantitative estimate of drug-likeness (QED) is 0.633. The van der Waals surface area contributed by atoms with Crippen molar-refractivity contribution in [2.75, 3.05) is 30.1 Å². The van der Waals surface area contributed by atoms with Gasteiger partial charge in [0.05, 0.1) is 5.69 Å². The Bertz CT molecular complexity index is 1100. The molecule has 1 aromatic heterocycles. The van der Waals surface area contributed by atoms with Crippen molar-refractivity contribution in [3.8, 4) is 22.8 Å². The van der Waals surface area contributed by atoms with E-state index in [1.807, 2.05) is 54.6 Å². The van der Waals surface area contributed by atoms with E-state index in [0.29, 0.717) is 11.4 Å². The maximum Gasteiger partial charge on any atom is 0.248 e. The molecular weight excluding hydrogens is 392 g/mol. The van der Waals surface area contributed by atoms with E-state index in [-0.39, 0.29) is 12.7 Å². The van der Waals surface area contributed by atoms with Gasteiger partial charge in [0.1, 0.15) is 0 Å². The van der Waals surface area contributed by atoms with Gasteiger partial charge in [-0.25, -0.2) is 0 Å². The highest BCUT2D eigenvalue weighted by Gasteiger charge is 2.14. The maximum absolute atomic E-state index is 12.3. The number of carbonyl (C=O) groups excluding carboxylic acids is 1. The number of benzene rings is 2. The third-order valence-electron chi connectivity index (χ3n) is 5.35. The molecule has 0 radical (unpaired) electrons. The minimum absolute atomic E-state index is 0.208. The fraction of sp³-hybridized carbons (Fsp3) is 0.208. The number of aromatic nitrogens is 2. The lowest BCUT2D eigenvalue weighted by Gasteiger charge is -2.15. The highest BCUT2D eigenvalue weighted by molar-refractivity contribution is 6.02. The molecule has 0 saturated carbocycles. The molecule has 2 aliphatic heterocycles. The molecule has 31 heavy (non-hydrogen) atoms. The van der Waals surface area contributed by atoms with Crippen LogP contribution in [-0.4, -0.2) is 36.0 Å². The molecule has 1 N–H and O–H groups in total. The average molecular weight is 414 g/mol. The molecule has 2 aromatic carbocycles. The van der Waals surface area contributed by atoms with Crippen molar-refractivity contribution in [3.05, 3.63) is 66.2 Å². The first-order chi connectivity index (χ1) is 15.2. The van der Waals surface area contributed by atoms with Gasteiger partial charge in [-0.1, -0.05) is 18.2 Å². The van der Waals surface area contributed by atoms with Crippen molar-refractivity contribution in [2.45, 2.75) is 12.8 Å². The van der Waals surface area contributed by atoms with E-state index in [4.69, 9.17) is 9.47 Å². The van der Waals surface area contributed by atoms with Crippen LogP contribution in [0.25, 0.3) is 17.3 Å². The van der Waals surface area contributed by atoms with Crippen LogP contribution in [0.2, 0.25) is 0 Å². The Labute approximate surface area is 180 Å². The van der Waals surface area contributed by atoms with E-state index in [1.165, 1.54) is 18.9 Å². The van der Waals surface area contributed by atoms with Gasteiger partial charge in [0, 0.05) is 30.4 Å². The van der Waals surface area contributed by atoms with E-state index < -0.39 is 0 Å². The van der Waals surface area contributed by atoms with Crippen molar-refractivity contribution in [3.63, 3.8) is 0 Å². The Morgan fingerprint density at radius 1 is 0.935 bits per heavy atom. The van der Waals surface area contributed by atoms with Crippen molar-refractivity contribution < 1.29 is 14.3 Å². The van der Waals surface area contributed by atoms with Gasteiger partial charge in [0.15, 0.2) is 17.3 Å². The molecule has 1 amide bonds. The predicted molar refractivity (Wildman–Crippen MR) is 119 cm³/mol. The SMILES string of the molecule is O=C(/C=C/c1ccc2c(c1)OCO2)Nc1ccc(-c2ccc(N3CCCC3)nn2)cc1. The molecule has 0 unspecified atom stereocenters. The van der Waals surface area contributed by atoms with Gasteiger partial charge >= 0.3 is 0 Å². The van der Waals surface area contributed by atoms with Crippen LogP contribution in [0.3, 0.4) is 0 Å². The monoisotopic (exact) mass is 414 g/mol. The third-order valence-corrected chi connectivity index (χ3v) is 5.35. The summed E-state index contributed by atoms with van der Waals surface area (Å²) in [7, 11) is 0. The smallest absolute Gasteiger partial charge is 0.248 e. The predicted octanol–water partition coefficient (Wildman–Crippen LogP) is 4.12. The molecule has 5 rings (SSSR count). The molecule has 1 saturated heterocycles. The summed E-state index contributed by atoms with van der Waals surface area (Å²) >= 11 is 0. The Kier molecular flexibility index (Phi) is 5.22. The van der Waals surface area contributed by atoms with Gasteiger partial charge in [-0.05, 0) is 60.9 Å². The van der Waals surface area contributed by atoms with Crippen LogP contribution in [0.5, 0.6) is 11.5 Å². The van der Waals surface area contributed by atoms with E-state index in [0.717, 1.165) is 41.5 Å². The average Bonchev–Trinajstić information content (AvgIpc) is 3.50. The van der Waals surface area contributed by atoms with Crippen LogP contribution in [0.1, 0.15) is 18.4 Å². The third kappa shape index (κ3) is 4.35. The molecule has 7 nitrogen and oxygen atoms in total. The largest absolute Gasteiger partial charge is 0.454 e. The van der Waals surface area contributed by atoms with Crippen LogP contribution in [-0.2, 0) is 4.79 Å². The van der Waals surface area contributed by atoms with Crippen molar-refractivity contribution in [2.24, 2.45) is 0 Å². The first-order valence-corrected chi connectivity index (χ1v) is 10.3. The standard InChI is InChI=1S/C24H22N4O3/c29-24(12-4-17-3-10-21-22(15-17)31-16-30-21)25-19-7-5-18(6-8-19)20-9-11-23(27-26-20)28-13-1-2-14-28/h3-12,15H,1-2,13-14,16H2,(H,25,29)/b12-4+. The Morgan fingerprint density at radius 3 is 2.52 bits per heavy atom. The zero-order chi connectivity index (χ0) is 21.0. The number of nitrogens with one attached hydrogen (secondary N) is 1.